The van der Waals surface area contributed by atoms with Crippen LogP contribution in [0.1, 0.15) is 26.7 Å². The Labute approximate surface area is 117 Å². The summed E-state index contributed by atoms with van der Waals surface area (Å²) in [5.41, 5.74) is 6.64. The number of anilines is 1. The maximum atomic E-state index is 13.6. The second-order valence-electron chi connectivity index (χ2n) is 4.86. The highest BCUT2D eigenvalue weighted by Gasteiger charge is 2.13. The molecule has 0 saturated heterocycles. The first-order valence-electron chi connectivity index (χ1n) is 6.72. The molecule has 1 unspecified atom stereocenters. The van der Waals surface area contributed by atoms with E-state index >= 15 is 0 Å². The molecule has 0 bridgehead atoms. The van der Waals surface area contributed by atoms with Crippen molar-refractivity contribution in [3.63, 3.8) is 0 Å². The van der Waals surface area contributed by atoms with Crippen LogP contribution in [0.25, 0.3) is 11.0 Å². The number of carbonyl (C=O) groups excluding carboxylic acids is 1. The smallest absolute Gasteiger partial charge is 0.222 e. The predicted molar refractivity (Wildman–Crippen MR) is 76.6 cm³/mol. The topological polar surface area (TPSA) is 72.9 Å². The number of benzene rings is 1. The van der Waals surface area contributed by atoms with Crippen LogP contribution in [0.3, 0.4) is 0 Å². The molecule has 1 aromatic carbocycles. The number of fused-ring (bicyclic) bond motifs is 1. The van der Waals surface area contributed by atoms with Gasteiger partial charge in [0.05, 0.1) is 5.52 Å². The minimum Gasteiger partial charge on any atom is -0.369 e. The number of rotatable bonds is 5. The maximum absolute atomic E-state index is 13.6. The number of nitrogens with two attached hydrogens (primary N) is 1. The molecule has 20 heavy (non-hydrogen) atoms. The van der Waals surface area contributed by atoms with Gasteiger partial charge in [0.15, 0.2) is 5.82 Å². The van der Waals surface area contributed by atoms with Gasteiger partial charge in [0, 0.05) is 19.0 Å². The van der Waals surface area contributed by atoms with Gasteiger partial charge in [-0.2, -0.15) is 0 Å². The summed E-state index contributed by atoms with van der Waals surface area (Å²) in [6.45, 7) is 4.34. The molecule has 5 nitrogen and oxygen atoms in total. The van der Waals surface area contributed by atoms with Gasteiger partial charge < -0.3 is 15.6 Å². The average molecular weight is 278 g/mol. The van der Waals surface area contributed by atoms with Crippen molar-refractivity contribution in [1.29, 1.82) is 0 Å². The summed E-state index contributed by atoms with van der Waals surface area (Å²) in [7, 11) is 0. The van der Waals surface area contributed by atoms with E-state index in [1.807, 2.05) is 13.8 Å². The number of nitrogen functional groups attached to an aromatic ring is 1. The van der Waals surface area contributed by atoms with Gasteiger partial charge in [-0.3, -0.25) is 4.79 Å². The molecular weight excluding hydrogens is 259 g/mol. The van der Waals surface area contributed by atoms with Crippen LogP contribution in [-0.4, -0.2) is 21.5 Å². The largest absolute Gasteiger partial charge is 0.369 e. The fourth-order valence-electron chi connectivity index (χ4n) is 2.03. The monoisotopic (exact) mass is 278 g/mol. The van der Waals surface area contributed by atoms with Crippen molar-refractivity contribution in [3.05, 3.63) is 24.0 Å². The van der Waals surface area contributed by atoms with Gasteiger partial charge in [-0.25, -0.2) is 9.37 Å². The number of aryl methyl sites for hydroxylation is 1. The van der Waals surface area contributed by atoms with E-state index in [1.54, 1.807) is 16.7 Å². The number of imidazole rings is 1. The van der Waals surface area contributed by atoms with Crippen molar-refractivity contribution in [2.24, 2.45) is 0 Å². The lowest BCUT2D eigenvalue weighted by Gasteiger charge is -2.12. The molecule has 2 rings (SSSR count). The lowest BCUT2D eigenvalue weighted by Crippen LogP contribution is -2.32. The summed E-state index contributed by atoms with van der Waals surface area (Å²) in [4.78, 5) is 15.8. The lowest BCUT2D eigenvalue weighted by atomic mass is 10.2. The predicted octanol–water partition coefficient (Wildman–Crippen LogP) is 2.06. The van der Waals surface area contributed by atoms with Gasteiger partial charge in [-0.15, -0.1) is 0 Å². The second kappa shape index (κ2) is 5.90. The first-order valence-corrected chi connectivity index (χ1v) is 6.72. The molecule has 108 valence electrons. The van der Waals surface area contributed by atoms with E-state index in [0.717, 1.165) is 6.42 Å². The van der Waals surface area contributed by atoms with Gasteiger partial charge in [0.1, 0.15) is 5.52 Å². The molecule has 0 radical (unpaired) electrons. The molecule has 1 amide bonds. The van der Waals surface area contributed by atoms with E-state index in [9.17, 15) is 9.18 Å². The van der Waals surface area contributed by atoms with Gasteiger partial charge in [0.2, 0.25) is 11.9 Å². The van der Waals surface area contributed by atoms with Crippen LogP contribution < -0.4 is 11.1 Å². The van der Waals surface area contributed by atoms with Crippen molar-refractivity contribution in [2.75, 3.05) is 5.73 Å². The van der Waals surface area contributed by atoms with Crippen LogP contribution in [0, 0.1) is 5.82 Å². The van der Waals surface area contributed by atoms with Crippen LogP contribution >= 0.6 is 0 Å². The Morgan fingerprint density at radius 1 is 1.55 bits per heavy atom. The Hall–Kier alpha value is -2.11. The fraction of sp³-hybridized carbons (Fsp3) is 0.429. The van der Waals surface area contributed by atoms with Gasteiger partial charge >= 0.3 is 0 Å². The van der Waals surface area contributed by atoms with E-state index in [4.69, 9.17) is 5.73 Å². The van der Waals surface area contributed by atoms with Crippen LogP contribution in [0.5, 0.6) is 0 Å². The molecule has 0 aliphatic heterocycles. The van der Waals surface area contributed by atoms with Crippen molar-refractivity contribution in [2.45, 2.75) is 39.3 Å². The highest BCUT2D eigenvalue weighted by atomic mass is 19.1. The minimum absolute atomic E-state index is 0.0444. The van der Waals surface area contributed by atoms with Crippen LogP contribution in [0.15, 0.2) is 18.2 Å². The number of hydrogen-bond donors (Lipinski definition) is 2. The molecule has 0 saturated carbocycles. The molecule has 1 aromatic heterocycles. The van der Waals surface area contributed by atoms with Crippen molar-refractivity contribution >= 4 is 22.9 Å². The Kier molecular flexibility index (Phi) is 4.22. The lowest BCUT2D eigenvalue weighted by molar-refractivity contribution is -0.121. The molecule has 1 heterocycles. The molecule has 0 aliphatic rings. The number of nitrogens with one attached hydrogen (secondary N) is 1. The standard InChI is InChI=1S/C14H19FN4O/c1-3-9(2)17-12(20)7-8-19-11-6-4-5-10(15)13(11)18-14(19)16/h4-6,9H,3,7-8H2,1-2H3,(H2,16,18)(H,17,20). The van der Waals surface area contributed by atoms with Crippen LogP contribution in [0.2, 0.25) is 0 Å². The molecule has 3 N–H and O–H groups in total. The maximum Gasteiger partial charge on any atom is 0.222 e. The number of carbonyl (C=O) groups is 1. The molecule has 2 aromatic rings. The third-order valence-corrected chi connectivity index (χ3v) is 3.34. The second-order valence-corrected chi connectivity index (χ2v) is 4.86. The summed E-state index contributed by atoms with van der Waals surface area (Å²) in [6.07, 6.45) is 1.17. The van der Waals surface area contributed by atoms with Crippen LogP contribution in [-0.2, 0) is 11.3 Å². The highest BCUT2D eigenvalue weighted by Crippen LogP contribution is 2.20. The average Bonchev–Trinajstić information content (AvgIpc) is 2.74. The Morgan fingerprint density at radius 3 is 3.00 bits per heavy atom. The zero-order valence-corrected chi connectivity index (χ0v) is 11.7. The van der Waals surface area contributed by atoms with Gasteiger partial charge in [-0.1, -0.05) is 13.0 Å². The number of aromatic nitrogens is 2. The summed E-state index contributed by atoms with van der Waals surface area (Å²) in [6, 6.07) is 4.84. The Bertz CT molecular complexity index is 623. The van der Waals surface area contributed by atoms with Crippen molar-refractivity contribution < 1.29 is 9.18 Å². The highest BCUT2D eigenvalue weighted by molar-refractivity contribution is 5.80. The molecule has 1 atom stereocenters. The number of amides is 1. The summed E-state index contributed by atoms with van der Waals surface area (Å²) >= 11 is 0. The van der Waals surface area contributed by atoms with Gasteiger partial charge in [0.25, 0.3) is 0 Å². The van der Waals surface area contributed by atoms with Crippen molar-refractivity contribution in [3.8, 4) is 0 Å². The first-order chi connectivity index (χ1) is 9.52. The molecule has 0 spiro atoms. The number of nitrogens with zero attached hydrogens (tertiary/aromatic N) is 2. The number of para-hydroxylation sites is 1. The quantitative estimate of drug-likeness (QED) is 0.879. The fourth-order valence-corrected chi connectivity index (χ4v) is 2.03. The zero-order valence-electron chi connectivity index (χ0n) is 11.7. The van der Waals surface area contributed by atoms with Crippen LogP contribution in [0.4, 0.5) is 10.3 Å². The normalized spacial score (nSPS) is 12.6. The minimum atomic E-state index is -0.406. The van der Waals surface area contributed by atoms with Gasteiger partial charge in [-0.05, 0) is 25.5 Å². The first kappa shape index (κ1) is 14.3. The Balaban J connectivity index is 2.12. The van der Waals surface area contributed by atoms with E-state index in [2.05, 4.69) is 10.3 Å². The number of hydrogen-bond acceptors (Lipinski definition) is 3. The van der Waals surface area contributed by atoms with E-state index < -0.39 is 5.82 Å². The summed E-state index contributed by atoms with van der Waals surface area (Å²) in [5, 5.41) is 2.88. The third kappa shape index (κ3) is 2.89. The molecule has 6 heteroatoms. The SMILES string of the molecule is CCC(C)NC(=O)CCn1c(N)nc2c(F)cccc21. The number of halogens is 1. The molecule has 0 aliphatic carbocycles. The third-order valence-electron chi connectivity index (χ3n) is 3.34. The summed E-state index contributed by atoms with van der Waals surface area (Å²) < 4.78 is 15.2. The summed E-state index contributed by atoms with van der Waals surface area (Å²) in [5.74, 6) is -0.226. The van der Waals surface area contributed by atoms with Crippen molar-refractivity contribution in [1.82, 2.24) is 14.9 Å². The molecular formula is C14H19FN4O. The van der Waals surface area contributed by atoms with E-state index in [0.29, 0.717) is 12.1 Å². The van der Waals surface area contributed by atoms with E-state index in [1.165, 1.54) is 6.07 Å². The van der Waals surface area contributed by atoms with E-state index in [-0.39, 0.29) is 29.8 Å². The Morgan fingerprint density at radius 2 is 2.30 bits per heavy atom. The molecule has 0 fully saturated rings. The zero-order chi connectivity index (χ0) is 14.7.